The molecular formula is C23H32N6O6S2. The number of azo groups is 1. The number of rotatable bonds is 15. The summed E-state index contributed by atoms with van der Waals surface area (Å²) in [5.74, 6) is 0.689. The van der Waals surface area contributed by atoms with Gasteiger partial charge in [0, 0.05) is 43.2 Å². The van der Waals surface area contributed by atoms with Crippen LogP contribution in [0.4, 0.5) is 28.7 Å². The van der Waals surface area contributed by atoms with Gasteiger partial charge in [0.15, 0.2) is 31.3 Å². The summed E-state index contributed by atoms with van der Waals surface area (Å²) in [7, 11) is -4.15. The summed E-state index contributed by atoms with van der Waals surface area (Å²) in [6.45, 7) is 9.47. The number of hydrogen-bond donors (Lipinski definition) is 3. The van der Waals surface area contributed by atoms with E-state index in [1.807, 2.05) is 0 Å². The quantitative estimate of drug-likeness (QED) is 0.218. The first-order valence-electron chi connectivity index (χ1n) is 11.1. The molecule has 0 fully saturated rings. The number of nitrogens with zero attached hydrogens (tertiary/aromatic N) is 3. The number of sulfone groups is 2. The molecule has 0 bridgehead atoms. The molecule has 1 aromatic carbocycles. The van der Waals surface area contributed by atoms with Gasteiger partial charge >= 0.3 is 0 Å². The Morgan fingerprint density at radius 3 is 2.38 bits per heavy atom. The van der Waals surface area contributed by atoms with Crippen LogP contribution in [0.3, 0.4) is 0 Å². The number of anilines is 3. The van der Waals surface area contributed by atoms with E-state index < -0.39 is 19.7 Å². The van der Waals surface area contributed by atoms with Crippen LogP contribution >= 0.6 is 0 Å². The zero-order valence-corrected chi connectivity index (χ0v) is 22.7. The molecule has 2 rings (SSSR count). The number of pyridine rings is 1. The Hall–Kier alpha value is -3.49. The second-order valence-corrected chi connectivity index (χ2v) is 11.6. The molecule has 1 aromatic heterocycles. The van der Waals surface area contributed by atoms with E-state index in [0.29, 0.717) is 36.6 Å². The van der Waals surface area contributed by atoms with Crippen LogP contribution in [-0.4, -0.2) is 61.5 Å². The molecule has 0 radical (unpaired) electrons. The van der Waals surface area contributed by atoms with Gasteiger partial charge < -0.3 is 25.8 Å². The maximum absolute atomic E-state index is 12.2. The molecule has 0 spiro atoms. The van der Waals surface area contributed by atoms with Gasteiger partial charge in [-0.05, 0) is 31.5 Å². The van der Waals surface area contributed by atoms with Crippen molar-refractivity contribution in [1.82, 2.24) is 4.98 Å². The lowest BCUT2D eigenvalue weighted by Gasteiger charge is -2.16. The lowest BCUT2D eigenvalue weighted by Crippen LogP contribution is -2.16. The van der Waals surface area contributed by atoms with Crippen LogP contribution in [-0.2, 0) is 24.4 Å². The molecule has 1 heterocycles. The van der Waals surface area contributed by atoms with Crippen molar-refractivity contribution >= 4 is 48.4 Å². The molecule has 0 aliphatic heterocycles. The van der Waals surface area contributed by atoms with Gasteiger partial charge in [-0.3, -0.25) is 0 Å². The molecule has 4 N–H and O–H groups in total. The van der Waals surface area contributed by atoms with Gasteiger partial charge in [-0.15, -0.1) is 10.2 Å². The molecule has 12 nitrogen and oxygen atoms in total. The zero-order valence-electron chi connectivity index (χ0n) is 21.0. The molecule has 0 aliphatic rings. The molecule has 14 heteroatoms. The van der Waals surface area contributed by atoms with Crippen LogP contribution in [0.1, 0.15) is 12.0 Å². The number of nitrogen functional groups attached to an aromatic ring is 1. The van der Waals surface area contributed by atoms with Gasteiger partial charge in [-0.2, -0.15) is 0 Å². The van der Waals surface area contributed by atoms with Crippen molar-refractivity contribution in [2.75, 3.05) is 56.0 Å². The highest BCUT2D eigenvalue weighted by molar-refractivity contribution is 7.94. The largest absolute Gasteiger partial charge is 0.494 e. The summed E-state index contributed by atoms with van der Waals surface area (Å²) in [6.07, 6.45) is 0.711. The minimum atomic E-state index is -3.72. The highest BCUT2D eigenvalue weighted by Crippen LogP contribution is 2.38. The maximum Gasteiger partial charge on any atom is 0.199 e. The fourth-order valence-electron chi connectivity index (χ4n) is 3.03. The molecule has 2 aromatic rings. The lowest BCUT2D eigenvalue weighted by molar-refractivity contribution is 0.198. The first kappa shape index (κ1) is 29.7. The topological polar surface area (TPSA) is 174 Å². The molecule has 0 aliphatic carbocycles. The Labute approximate surface area is 217 Å². The minimum Gasteiger partial charge on any atom is -0.494 e. The van der Waals surface area contributed by atoms with E-state index in [-0.39, 0.29) is 40.1 Å². The van der Waals surface area contributed by atoms with E-state index in [2.05, 4.69) is 39.0 Å². The lowest BCUT2D eigenvalue weighted by atomic mass is 10.2. The van der Waals surface area contributed by atoms with Crippen LogP contribution in [0, 0.1) is 6.92 Å². The number of hydrogen-bond acceptors (Lipinski definition) is 12. The normalized spacial score (nSPS) is 11.9. The van der Waals surface area contributed by atoms with Gasteiger partial charge in [0.2, 0.25) is 0 Å². The summed E-state index contributed by atoms with van der Waals surface area (Å²) >= 11 is 0. The minimum absolute atomic E-state index is 0.0206. The van der Waals surface area contributed by atoms with Gasteiger partial charge in [-0.1, -0.05) is 13.2 Å². The Bertz CT molecular complexity index is 1370. The van der Waals surface area contributed by atoms with Crippen molar-refractivity contribution < 1.29 is 26.3 Å². The molecule has 0 saturated heterocycles. The molecule has 202 valence electrons. The molecule has 0 amide bonds. The van der Waals surface area contributed by atoms with E-state index in [1.54, 1.807) is 14.0 Å². The third kappa shape index (κ3) is 8.00. The average Bonchev–Trinajstić information content (AvgIpc) is 2.88. The van der Waals surface area contributed by atoms with Crippen LogP contribution in [0.25, 0.3) is 0 Å². The molecular weight excluding hydrogens is 520 g/mol. The van der Waals surface area contributed by atoms with Gasteiger partial charge in [-0.25, -0.2) is 21.8 Å². The maximum atomic E-state index is 12.2. The predicted molar refractivity (Wildman–Crippen MR) is 145 cm³/mol. The Morgan fingerprint density at radius 2 is 1.76 bits per heavy atom. The number of ether oxygens (including phenoxy) is 2. The Morgan fingerprint density at radius 1 is 1.05 bits per heavy atom. The average molecular weight is 553 g/mol. The van der Waals surface area contributed by atoms with E-state index in [1.165, 1.54) is 25.3 Å². The summed E-state index contributed by atoms with van der Waals surface area (Å²) in [5.41, 5.74) is 7.54. The van der Waals surface area contributed by atoms with Crippen molar-refractivity contribution in [3.63, 3.8) is 0 Å². The number of methoxy groups -OCH3 is 2. The molecule has 37 heavy (non-hydrogen) atoms. The summed E-state index contributed by atoms with van der Waals surface area (Å²) in [4.78, 5) is 4.47. The number of nitrogens with two attached hydrogens (primary N) is 1. The van der Waals surface area contributed by atoms with Crippen LogP contribution in [0.2, 0.25) is 0 Å². The first-order chi connectivity index (χ1) is 17.5. The monoisotopic (exact) mass is 552 g/mol. The SMILES string of the molecule is C=CS(=O)(=O)CCNc1nc(NCCCOC)c(N)c(C)c1/N=N/c1cc(S(=O)(=O)C=C)ccc1OC. The second kappa shape index (κ2) is 13.2. The van der Waals surface area contributed by atoms with E-state index in [0.717, 1.165) is 10.8 Å². The highest BCUT2D eigenvalue weighted by atomic mass is 32.2. The fourth-order valence-corrected chi connectivity index (χ4v) is 4.31. The van der Waals surface area contributed by atoms with Crippen molar-refractivity contribution in [2.24, 2.45) is 10.2 Å². The Balaban J connectivity index is 2.53. The third-order valence-electron chi connectivity index (χ3n) is 5.17. The van der Waals surface area contributed by atoms with Crippen LogP contribution in [0.15, 0.2) is 57.3 Å². The molecule has 0 atom stereocenters. The van der Waals surface area contributed by atoms with Crippen LogP contribution < -0.4 is 21.1 Å². The number of nitrogens with one attached hydrogen (secondary N) is 2. The summed E-state index contributed by atoms with van der Waals surface area (Å²) < 4.78 is 58.5. The number of aromatic nitrogens is 1. The predicted octanol–water partition coefficient (Wildman–Crippen LogP) is 3.73. The van der Waals surface area contributed by atoms with Crippen LogP contribution in [0.5, 0.6) is 5.75 Å². The molecule has 0 saturated carbocycles. The first-order valence-corrected chi connectivity index (χ1v) is 14.3. The van der Waals surface area contributed by atoms with Crippen molar-refractivity contribution in [2.45, 2.75) is 18.2 Å². The van der Waals surface area contributed by atoms with E-state index in [9.17, 15) is 16.8 Å². The fraction of sp³-hybridized carbons (Fsp3) is 0.348. The van der Waals surface area contributed by atoms with E-state index in [4.69, 9.17) is 15.2 Å². The summed E-state index contributed by atoms with van der Waals surface area (Å²) in [5, 5.41) is 16.3. The second-order valence-electron chi connectivity index (χ2n) is 7.68. The smallest absolute Gasteiger partial charge is 0.199 e. The van der Waals surface area contributed by atoms with Crippen molar-refractivity contribution in [3.8, 4) is 5.75 Å². The number of benzene rings is 1. The zero-order chi connectivity index (χ0) is 27.6. The van der Waals surface area contributed by atoms with Crippen molar-refractivity contribution in [3.05, 3.63) is 47.7 Å². The van der Waals surface area contributed by atoms with Crippen molar-refractivity contribution in [1.29, 1.82) is 0 Å². The van der Waals surface area contributed by atoms with Gasteiger partial charge in [0.1, 0.15) is 17.1 Å². The highest BCUT2D eigenvalue weighted by Gasteiger charge is 2.18. The standard InChI is InChI=1S/C23H32N6O6S2/c1-6-36(30,31)14-12-26-23-21(16(3)20(24)22(27-23)25-11-8-13-34-4)29-28-18-15-17(37(32,33)7-2)9-10-19(18)35-5/h6-7,9-10,15H,1-2,8,11-14,24H2,3-5H3,(H2,25,26,27)/b29-28+. The van der Waals surface area contributed by atoms with Gasteiger partial charge in [0.05, 0.1) is 23.4 Å². The summed E-state index contributed by atoms with van der Waals surface area (Å²) in [6, 6.07) is 4.13. The van der Waals surface area contributed by atoms with Gasteiger partial charge in [0.25, 0.3) is 0 Å². The third-order valence-corrected chi connectivity index (χ3v) is 7.80. The van der Waals surface area contributed by atoms with E-state index >= 15 is 0 Å². The molecule has 0 unspecified atom stereocenters. The Kier molecular flexibility index (Phi) is 10.6.